The molecule has 1 saturated heterocycles. The minimum atomic E-state index is -0.947. The average Bonchev–Trinajstić information content (AvgIpc) is 3.21. The topological polar surface area (TPSA) is 65.2 Å². The van der Waals surface area contributed by atoms with Gasteiger partial charge in [0.05, 0.1) is 0 Å². The lowest BCUT2D eigenvalue weighted by Crippen LogP contribution is -2.53. The number of aromatic nitrogens is 1. The highest BCUT2D eigenvalue weighted by Crippen LogP contribution is 2.33. The van der Waals surface area contributed by atoms with E-state index in [9.17, 15) is 18.4 Å². The van der Waals surface area contributed by atoms with Crippen LogP contribution in [0.4, 0.5) is 8.78 Å². The molecule has 1 aromatic heterocycles. The maximum atomic E-state index is 14.0. The SMILES string of the molecule is CC(C)[C@H](NC(=O)c1c(F)cccc1F)C(=O)N1CCC(c2c[nH]c3ccccc23)CC1. The van der Waals surface area contributed by atoms with Gasteiger partial charge in [-0.05, 0) is 48.4 Å². The highest BCUT2D eigenvalue weighted by molar-refractivity contribution is 5.98. The van der Waals surface area contributed by atoms with Crippen molar-refractivity contribution in [3.05, 3.63) is 71.4 Å². The molecular formula is C25H27F2N3O2. The molecule has 4 rings (SSSR count). The zero-order valence-electron chi connectivity index (χ0n) is 18.2. The van der Waals surface area contributed by atoms with Crippen molar-refractivity contribution in [1.82, 2.24) is 15.2 Å². The maximum Gasteiger partial charge on any atom is 0.257 e. The first-order chi connectivity index (χ1) is 15.4. The monoisotopic (exact) mass is 439 g/mol. The molecule has 2 aromatic carbocycles. The van der Waals surface area contributed by atoms with Crippen molar-refractivity contribution in [3.63, 3.8) is 0 Å². The zero-order chi connectivity index (χ0) is 22.8. The number of halogens is 2. The molecule has 168 valence electrons. The van der Waals surface area contributed by atoms with E-state index in [1.54, 1.807) is 18.7 Å². The Balaban J connectivity index is 1.44. The van der Waals surface area contributed by atoms with Crippen molar-refractivity contribution in [2.45, 2.75) is 38.6 Å². The highest BCUT2D eigenvalue weighted by Gasteiger charge is 2.33. The average molecular weight is 440 g/mol. The molecule has 2 heterocycles. The van der Waals surface area contributed by atoms with Gasteiger partial charge in [-0.2, -0.15) is 0 Å². The molecule has 0 spiro atoms. The van der Waals surface area contributed by atoms with Gasteiger partial charge in [-0.3, -0.25) is 9.59 Å². The summed E-state index contributed by atoms with van der Waals surface area (Å²) in [5.74, 6) is -2.92. The first-order valence-corrected chi connectivity index (χ1v) is 11.0. The molecule has 5 nitrogen and oxygen atoms in total. The van der Waals surface area contributed by atoms with Crippen molar-refractivity contribution in [2.75, 3.05) is 13.1 Å². The number of H-pyrrole nitrogens is 1. The van der Waals surface area contributed by atoms with Crippen LogP contribution in [0.2, 0.25) is 0 Å². The Morgan fingerprint density at radius 1 is 1.03 bits per heavy atom. The second-order valence-corrected chi connectivity index (χ2v) is 8.68. The highest BCUT2D eigenvalue weighted by atomic mass is 19.1. The molecule has 0 saturated carbocycles. The molecular weight excluding hydrogens is 412 g/mol. The summed E-state index contributed by atoms with van der Waals surface area (Å²) in [4.78, 5) is 30.8. The van der Waals surface area contributed by atoms with Crippen LogP contribution in [-0.4, -0.2) is 40.8 Å². The molecule has 0 unspecified atom stereocenters. The van der Waals surface area contributed by atoms with Crippen LogP contribution in [0.3, 0.4) is 0 Å². The molecule has 32 heavy (non-hydrogen) atoms. The summed E-state index contributed by atoms with van der Waals surface area (Å²) in [6.07, 6.45) is 3.68. The Morgan fingerprint density at radius 2 is 1.69 bits per heavy atom. The molecule has 2 amide bonds. The first-order valence-electron chi connectivity index (χ1n) is 11.0. The fourth-order valence-electron chi connectivity index (χ4n) is 4.48. The van der Waals surface area contributed by atoms with Gasteiger partial charge in [0.15, 0.2) is 0 Å². The van der Waals surface area contributed by atoms with Crippen LogP contribution in [0.15, 0.2) is 48.7 Å². The van der Waals surface area contributed by atoms with E-state index < -0.39 is 29.1 Å². The Bertz CT molecular complexity index is 1110. The van der Waals surface area contributed by atoms with Crippen molar-refractivity contribution >= 4 is 22.7 Å². The number of hydrogen-bond donors (Lipinski definition) is 2. The van der Waals surface area contributed by atoms with Crippen LogP contribution in [0.5, 0.6) is 0 Å². The quantitative estimate of drug-likeness (QED) is 0.610. The molecule has 0 bridgehead atoms. The van der Waals surface area contributed by atoms with Gasteiger partial charge in [0, 0.05) is 30.2 Å². The molecule has 2 N–H and O–H groups in total. The van der Waals surface area contributed by atoms with Crippen LogP contribution in [0.1, 0.15) is 48.5 Å². The third-order valence-electron chi connectivity index (χ3n) is 6.28. The van der Waals surface area contributed by atoms with Crippen molar-refractivity contribution in [2.24, 2.45) is 5.92 Å². The lowest BCUT2D eigenvalue weighted by atomic mass is 9.88. The number of nitrogens with zero attached hydrogens (tertiary/aromatic N) is 1. The second-order valence-electron chi connectivity index (χ2n) is 8.68. The zero-order valence-corrected chi connectivity index (χ0v) is 18.2. The van der Waals surface area contributed by atoms with Gasteiger partial charge in [-0.1, -0.05) is 38.1 Å². The Labute approximate surface area is 185 Å². The van der Waals surface area contributed by atoms with Gasteiger partial charge >= 0.3 is 0 Å². The summed E-state index contributed by atoms with van der Waals surface area (Å²) < 4.78 is 28.0. The van der Waals surface area contributed by atoms with E-state index in [-0.39, 0.29) is 11.8 Å². The third-order valence-corrected chi connectivity index (χ3v) is 6.28. The van der Waals surface area contributed by atoms with Crippen LogP contribution in [0.25, 0.3) is 10.9 Å². The summed E-state index contributed by atoms with van der Waals surface area (Å²) in [5, 5.41) is 3.76. The van der Waals surface area contributed by atoms with Crippen LogP contribution >= 0.6 is 0 Å². The van der Waals surface area contributed by atoms with E-state index >= 15 is 0 Å². The smallest absolute Gasteiger partial charge is 0.257 e. The summed E-state index contributed by atoms with van der Waals surface area (Å²) in [5.41, 5.74) is 1.70. The number of hydrogen-bond acceptors (Lipinski definition) is 2. The summed E-state index contributed by atoms with van der Waals surface area (Å²) in [6, 6.07) is 10.6. The van der Waals surface area contributed by atoms with E-state index in [1.807, 2.05) is 24.4 Å². The number of aromatic amines is 1. The van der Waals surface area contributed by atoms with Gasteiger partial charge in [0.2, 0.25) is 5.91 Å². The fraction of sp³-hybridized carbons (Fsp3) is 0.360. The minimum Gasteiger partial charge on any atom is -0.361 e. The minimum absolute atomic E-state index is 0.220. The van der Waals surface area contributed by atoms with Gasteiger partial charge in [-0.15, -0.1) is 0 Å². The number of fused-ring (bicyclic) bond motifs is 1. The van der Waals surface area contributed by atoms with Crippen LogP contribution in [-0.2, 0) is 4.79 Å². The van der Waals surface area contributed by atoms with Crippen LogP contribution in [0, 0.1) is 17.6 Å². The molecule has 7 heteroatoms. The molecule has 1 atom stereocenters. The lowest BCUT2D eigenvalue weighted by molar-refractivity contribution is -0.135. The van der Waals surface area contributed by atoms with E-state index in [1.165, 1.54) is 17.0 Å². The van der Waals surface area contributed by atoms with E-state index in [0.717, 1.165) is 30.5 Å². The molecule has 1 fully saturated rings. The number of rotatable bonds is 5. The lowest BCUT2D eigenvalue weighted by Gasteiger charge is -2.35. The van der Waals surface area contributed by atoms with Crippen molar-refractivity contribution in [1.29, 1.82) is 0 Å². The summed E-state index contributed by atoms with van der Waals surface area (Å²) in [6.45, 7) is 4.74. The summed E-state index contributed by atoms with van der Waals surface area (Å²) in [7, 11) is 0. The number of carbonyl (C=O) groups excluding carboxylic acids is 2. The number of nitrogens with one attached hydrogen (secondary N) is 2. The van der Waals surface area contributed by atoms with E-state index in [0.29, 0.717) is 19.0 Å². The molecule has 0 radical (unpaired) electrons. The first kappa shape index (κ1) is 22.0. The third kappa shape index (κ3) is 4.24. The Hall–Kier alpha value is -3.22. The van der Waals surface area contributed by atoms with Gasteiger partial charge in [0.25, 0.3) is 5.91 Å². The summed E-state index contributed by atoms with van der Waals surface area (Å²) >= 11 is 0. The number of amides is 2. The standard InChI is InChI=1S/C25H27F2N3O2/c1-15(2)23(29-24(31)22-19(26)7-5-8-20(22)27)25(32)30-12-10-16(11-13-30)18-14-28-21-9-4-3-6-17(18)21/h3-9,14-16,23,28H,10-13H2,1-2H3,(H,29,31)/t23-/m0/s1. The molecule has 0 aliphatic carbocycles. The number of para-hydroxylation sites is 1. The van der Waals surface area contributed by atoms with Gasteiger partial charge < -0.3 is 15.2 Å². The number of likely N-dealkylation sites (tertiary alicyclic amines) is 1. The number of benzene rings is 2. The largest absolute Gasteiger partial charge is 0.361 e. The fourth-order valence-corrected chi connectivity index (χ4v) is 4.48. The predicted molar refractivity (Wildman–Crippen MR) is 119 cm³/mol. The van der Waals surface area contributed by atoms with Crippen molar-refractivity contribution in [3.8, 4) is 0 Å². The van der Waals surface area contributed by atoms with Gasteiger partial charge in [0.1, 0.15) is 23.2 Å². The van der Waals surface area contributed by atoms with Gasteiger partial charge in [-0.25, -0.2) is 8.78 Å². The van der Waals surface area contributed by atoms with Crippen LogP contribution < -0.4 is 5.32 Å². The van der Waals surface area contributed by atoms with Crippen molar-refractivity contribution < 1.29 is 18.4 Å². The Kier molecular flexibility index (Phi) is 6.26. The van der Waals surface area contributed by atoms with E-state index in [2.05, 4.69) is 16.4 Å². The normalized spacial score (nSPS) is 15.8. The molecule has 3 aromatic rings. The second kappa shape index (κ2) is 9.10. The maximum absolute atomic E-state index is 14.0. The Morgan fingerprint density at radius 3 is 2.34 bits per heavy atom. The molecule has 1 aliphatic heterocycles. The molecule has 1 aliphatic rings. The van der Waals surface area contributed by atoms with E-state index in [4.69, 9.17) is 0 Å². The number of piperidine rings is 1. The number of carbonyl (C=O) groups is 2. The predicted octanol–water partition coefficient (Wildman–Crippen LogP) is 4.61.